The third-order valence-corrected chi connectivity index (χ3v) is 5.23. The molecule has 1 saturated heterocycles. The SMILES string of the molecule is CCOc1cccc(N2C(=O)NC(=O)/C(=C\c3cc(Cl)c(O[C@H](C)CC)c(OC)c3)C2=O)c1. The summed E-state index contributed by atoms with van der Waals surface area (Å²) in [6, 6.07) is 8.81. The van der Waals surface area contributed by atoms with Gasteiger partial charge >= 0.3 is 6.03 Å². The molecule has 9 heteroatoms. The molecule has 33 heavy (non-hydrogen) atoms. The van der Waals surface area contributed by atoms with Crippen LogP contribution in [0.3, 0.4) is 0 Å². The van der Waals surface area contributed by atoms with Crippen LogP contribution < -0.4 is 24.4 Å². The summed E-state index contributed by atoms with van der Waals surface area (Å²) in [7, 11) is 1.47. The molecule has 2 aromatic rings. The van der Waals surface area contributed by atoms with Gasteiger partial charge in [-0.1, -0.05) is 24.6 Å². The summed E-state index contributed by atoms with van der Waals surface area (Å²) in [5.41, 5.74) is 0.476. The number of rotatable bonds is 8. The van der Waals surface area contributed by atoms with Gasteiger partial charge < -0.3 is 14.2 Å². The normalized spacial score (nSPS) is 16.0. The van der Waals surface area contributed by atoms with Gasteiger partial charge in [0.25, 0.3) is 11.8 Å². The number of barbiturate groups is 1. The molecule has 0 aliphatic carbocycles. The minimum Gasteiger partial charge on any atom is -0.494 e. The number of hydrogen-bond acceptors (Lipinski definition) is 6. The lowest BCUT2D eigenvalue weighted by atomic mass is 10.1. The Morgan fingerprint density at radius 3 is 2.58 bits per heavy atom. The number of imide groups is 2. The van der Waals surface area contributed by atoms with Gasteiger partial charge in [-0.15, -0.1) is 0 Å². The van der Waals surface area contributed by atoms with E-state index in [1.54, 1.807) is 36.4 Å². The van der Waals surface area contributed by atoms with Gasteiger partial charge in [0.1, 0.15) is 11.3 Å². The van der Waals surface area contributed by atoms with E-state index in [4.69, 9.17) is 25.8 Å². The number of hydrogen-bond donors (Lipinski definition) is 1. The van der Waals surface area contributed by atoms with Gasteiger partial charge in [0.15, 0.2) is 11.5 Å². The summed E-state index contributed by atoms with van der Waals surface area (Å²) < 4.78 is 16.7. The average Bonchev–Trinajstić information content (AvgIpc) is 2.78. The van der Waals surface area contributed by atoms with Crippen LogP contribution in [0.1, 0.15) is 32.8 Å². The molecule has 0 bridgehead atoms. The number of carbonyl (C=O) groups is 3. The maximum atomic E-state index is 13.2. The van der Waals surface area contributed by atoms with Crippen molar-refractivity contribution in [2.75, 3.05) is 18.6 Å². The smallest absolute Gasteiger partial charge is 0.335 e. The summed E-state index contributed by atoms with van der Waals surface area (Å²) in [6.45, 7) is 6.13. The molecule has 1 aliphatic heterocycles. The number of carbonyl (C=O) groups excluding carboxylic acids is 3. The van der Waals surface area contributed by atoms with E-state index in [1.807, 2.05) is 20.8 Å². The molecule has 1 fully saturated rings. The zero-order chi connectivity index (χ0) is 24.1. The number of ether oxygens (including phenoxy) is 3. The van der Waals surface area contributed by atoms with Crippen LogP contribution in [0.2, 0.25) is 5.02 Å². The maximum Gasteiger partial charge on any atom is 0.335 e. The molecule has 4 amide bonds. The van der Waals surface area contributed by atoms with Crippen LogP contribution >= 0.6 is 11.6 Å². The van der Waals surface area contributed by atoms with Crippen molar-refractivity contribution < 1.29 is 28.6 Å². The van der Waals surface area contributed by atoms with Crippen LogP contribution in [0.25, 0.3) is 6.08 Å². The monoisotopic (exact) mass is 472 g/mol. The number of benzene rings is 2. The minimum absolute atomic E-state index is 0.0849. The largest absolute Gasteiger partial charge is 0.494 e. The lowest BCUT2D eigenvalue weighted by Gasteiger charge is -2.26. The molecule has 8 nitrogen and oxygen atoms in total. The van der Waals surface area contributed by atoms with Gasteiger partial charge in [-0.25, -0.2) is 9.69 Å². The van der Waals surface area contributed by atoms with E-state index >= 15 is 0 Å². The molecule has 0 spiro atoms. The van der Waals surface area contributed by atoms with E-state index in [1.165, 1.54) is 13.2 Å². The second kappa shape index (κ2) is 10.4. The molecule has 0 unspecified atom stereocenters. The Balaban J connectivity index is 1.99. The molecular formula is C24H25ClN2O6. The Morgan fingerprint density at radius 2 is 1.91 bits per heavy atom. The highest BCUT2D eigenvalue weighted by atomic mass is 35.5. The van der Waals surface area contributed by atoms with E-state index in [2.05, 4.69) is 5.32 Å². The second-order valence-corrected chi connectivity index (χ2v) is 7.67. The summed E-state index contributed by atoms with van der Waals surface area (Å²) in [5.74, 6) is -0.355. The highest BCUT2D eigenvalue weighted by Crippen LogP contribution is 2.38. The Bertz CT molecular complexity index is 1110. The molecule has 1 heterocycles. The maximum absolute atomic E-state index is 13.2. The van der Waals surface area contributed by atoms with Gasteiger partial charge in [-0.2, -0.15) is 0 Å². The van der Waals surface area contributed by atoms with Crippen molar-refractivity contribution in [1.82, 2.24) is 5.32 Å². The predicted octanol–water partition coefficient (Wildman–Crippen LogP) is 4.59. The quantitative estimate of drug-likeness (QED) is 0.446. The number of anilines is 1. The average molecular weight is 473 g/mol. The molecule has 2 aromatic carbocycles. The van der Waals surface area contributed by atoms with Gasteiger partial charge in [-0.3, -0.25) is 14.9 Å². The lowest BCUT2D eigenvalue weighted by Crippen LogP contribution is -2.54. The van der Waals surface area contributed by atoms with Crippen molar-refractivity contribution >= 4 is 41.2 Å². The van der Waals surface area contributed by atoms with Crippen molar-refractivity contribution in [2.45, 2.75) is 33.3 Å². The Kier molecular flexibility index (Phi) is 7.60. The summed E-state index contributed by atoms with van der Waals surface area (Å²) in [5, 5.41) is 2.46. The molecular weight excluding hydrogens is 448 g/mol. The highest BCUT2D eigenvalue weighted by Gasteiger charge is 2.37. The van der Waals surface area contributed by atoms with Crippen LogP contribution in [0, 0.1) is 0 Å². The van der Waals surface area contributed by atoms with E-state index in [0.717, 1.165) is 11.3 Å². The molecule has 3 rings (SSSR count). The van der Waals surface area contributed by atoms with Crippen LogP contribution in [0.5, 0.6) is 17.2 Å². The first-order valence-corrected chi connectivity index (χ1v) is 10.8. The van der Waals surface area contributed by atoms with E-state index in [9.17, 15) is 14.4 Å². The molecule has 174 valence electrons. The fourth-order valence-electron chi connectivity index (χ4n) is 3.16. The molecule has 0 saturated carbocycles. The van der Waals surface area contributed by atoms with E-state index in [-0.39, 0.29) is 22.4 Å². The van der Waals surface area contributed by atoms with Crippen molar-refractivity contribution in [3.05, 3.63) is 52.6 Å². The summed E-state index contributed by atoms with van der Waals surface area (Å²) in [4.78, 5) is 39.0. The second-order valence-electron chi connectivity index (χ2n) is 7.26. The zero-order valence-electron chi connectivity index (χ0n) is 18.8. The Labute approximate surface area is 197 Å². The summed E-state index contributed by atoms with van der Waals surface area (Å²) in [6.07, 6.45) is 2.04. The number of urea groups is 1. The summed E-state index contributed by atoms with van der Waals surface area (Å²) >= 11 is 6.40. The van der Waals surface area contributed by atoms with Crippen molar-refractivity contribution in [1.29, 1.82) is 0 Å². The molecule has 1 aliphatic rings. The molecule has 0 radical (unpaired) electrons. The molecule has 1 atom stereocenters. The third-order valence-electron chi connectivity index (χ3n) is 4.95. The fourth-order valence-corrected chi connectivity index (χ4v) is 3.42. The molecule has 0 aromatic heterocycles. The van der Waals surface area contributed by atoms with Crippen LogP contribution in [-0.2, 0) is 9.59 Å². The number of halogens is 1. The third kappa shape index (κ3) is 5.28. The highest BCUT2D eigenvalue weighted by molar-refractivity contribution is 6.39. The zero-order valence-corrected chi connectivity index (χ0v) is 19.6. The number of methoxy groups -OCH3 is 1. The van der Waals surface area contributed by atoms with Gasteiger partial charge in [0, 0.05) is 6.07 Å². The lowest BCUT2D eigenvalue weighted by molar-refractivity contribution is -0.122. The Morgan fingerprint density at radius 1 is 1.15 bits per heavy atom. The predicted molar refractivity (Wildman–Crippen MR) is 125 cm³/mol. The number of nitrogens with zero attached hydrogens (tertiary/aromatic N) is 1. The molecule has 1 N–H and O–H groups in total. The first kappa shape index (κ1) is 24.1. The van der Waals surface area contributed by atoms with E-state index < -0.39 is 17.8 Å². The van der Waals surface area contributed by atoms with Gasteiger partial charge in [0.05, 0.1) is 30.5 Å². The topological polar surface area (TPSA) is 94.2 Å². The Hall–Kier alpha value is -3.52. The van der Waals surface area contributed by atoms with Crippen molar-refractivity contribution in [3.63, 3.8) is 0 Å². The van der Waals surface area contributed by atoms with Gasteiger partial charge in [0.2, 0.25) is 0 Å². The van der Waals surface area contributed by atoms with Crippen molar-refractivity contribution in [3.8, 4) is 17.2 Å². The van der Waals surface area contributed by atoms with E-state index in [0.29, 0.717) is 29.4 Å². The van der Waals surface area contributed by atoms with Gasteiger partial charge in [-0.05, 0) is 56.2 Å². The number of amides is 4. The van der Waals surface area contributed by atoms with Crippen LogP contribution in [0.15, 0.2) is 42.0 Å². The number of nitrogens with one attached hydrogen (secondary N) is 1. The fraction of sp³-hybridized carbons (Fsp3) is 0.292. The minimum atomic E-state index is -0.844. The standard InChI is InChI=1S/C24H25ClN2O6/c1-5-14(3)33-21-19(25)11-15(12-20(21)31-4)10-18-22(28)26-24(30)27(23(18)29)16-8-7-9-17(13-16)32-6-2/h7-14H,5-6H2,1-4H3,(H,26,28,30)/b18-10+/t14-/m1/s1. The first-order chi connectivity index (χ1) is 15.8. The first-order valence-electron chi connectivity index (χ1n) is 10.5. The van der Waals surface area contributed by atoms with Crippen LogP contribution in [0.4, 0.5) is 10.5 Å². The van der Waals surface area contributed by atoms with Crippen molar-refractivity contribution in [2.24, 2.45) is 0 Å². The van der Waals surface area contributed by atoms with Crippen LogP contribution in [-0.4, -0.2) is 37.7 Å².